The van der Waals surface area contributed by atoms with Crippen molar-refractivity contribution in [2.24, 2.45) is 5.92 Å². The van der Waals surface area contributed by atoms with Crippen LogP contribution in [-0.2, 0) is 6.54 Å². The van der Waals surface area contributed by atoms with Gasteiger partial charge in [-0.2, -0.15) is 0 Å². The van der Waals surface area contributed by atoms with Gasteiger partial charge in [-0.3, -0.25) is 4.98 Å². The third-order valence-corrected chi connectivity index (χ3v) is 3.80. The minimum atomic E-state index is 0.416. The van der Waals surface area contributed by atoms with Crippen molar-refractivity contribution >= 4 is 11.6 Å². The molecule has 1 aliphatic rings. The average molecular weight is 273 g/mol. The highest BCUT2D eigenvalue weighted by Crippen LogP contribution is 2.41. The molecule has 98 valence electrons. The first-order valence-electron chi connectivity index (χ1n) is 6.72. The normalized spacial score (nSPS) is 16.3. The molecule has 2 aromatic rings. The summed E-state index contributed by atoms with van der Waals surface area (Å²) in [6.07, 6.45) is 4.45. The number of halogens is 1. The maximum absolute atomic E-state index is 5.95. The van der Waals surface area contributed by atoms with Crippen LogP contribution in [0.5, 0.6) is 0 Å². The van der Waals surface area contributed by atoms with E-state index in [1.165, 1.54) is 18.4 Å². The Morgan fingerprint density at radius 3 is 2.58 bits per heavy atom. The molecule has 0 spiro atoms. The van der Waals surface area contributed by atoms with Crippen molar-refractivity contribution in [2.75, 3.05) is 0 Å². The van der Waals surface area contributed by atoms with Crippen LogP contribution < -0.4 is 5.32 Å². The van der Waals surface area contributed by atoms with Crippen molar-refractivity contribution in [2.45, 2.75) is 25.4 Å². The van der Waals surface area contributed by atoms with Gasteiger partial charge in [-0.1, -0.05) is 29.8 Å². The van der Waals surface area contributed by atoms with Gasteiger partial charge in [-0.25, -0.2) is 0 Å². The highest BCUT2D eigenvalue weighted by molar-refractivity contribution is 6.30. The fourth-order valence-corrected chi connectivity index (χ4v) is 2.50. The van der Waals surface area contributed by atoms with Crippen molar-refractivity contribution in [3.63, 3.8) is 0 Å². The first-order valence-corrected chi connectivity index (χ1v) is 7.09. The number of nitrogens with one attached hydrogen (secondary N) is 1. The molecule has 1 atom stereocenters. The third kappa shape index (κ3) is 3.34. The number of hydrogen-bond acceptors (Lipinski definition) is 2. The summed E-state index contributed by atoms with van der Waals surface area (Å²) in [6.45, 7) is 0.810. The number of aromatic nitrogens is 1. The van der Waals surface area contributed by atoms with Crippen LogP contribution >= 0.6 is 11.6 Å². The molecule has 3 rings (SSSR count). The van der Waals surface area contributed by atoms with E-state index in [0.717, 1.165) is 23.2 Å². The second kappa shape index (κ2) is 5.72. The Kier molecular flexibility index (Phi) is 3.81. The number of nitrogens with zero attached hydrogens (tertiary/aromatic N) is 1. The predicted molar refractivity (Wildman–Crippen MR) is 78.0 cm³/mol. The lowest BCUT2D eigenvalue weighted by Gasteiger charge is -2.18. The summed E-state index contributed by atoms with van der Waals surface area (Å²) in [4.78, 5) is 4.35. The fraction of sp³-hybridized carbons (Fsp3) is 0.312. The zero-order valence-electron chi connectivity index (χ0n) is 10.7. The second-order valence-corrected chi connectivity index (χ2v) is 5.51. The van der Waals surface area contributed by atoms with Gasteiger partial charge in [0.15, 0.2) is 0 Å². The molecule has 1 saturated carbocycles. The van der Waals surface area contributed by atoms with E-state index in [1.807, 2.05) is 30.5 Å². The van der Waals surface area contributed by atoms with Crippen LogP contribution in [0.1, 0.15) is 30.1 Å². The van der Waals surface area contributed by atoms with Gasteiger partial charge in [0.25, 0.3) is 0 Å². The number of pyridine rings is 1. The van der Waals surface area contributed by atoms with Gasteiger partial charge in [-0.05, 0) is 48.6 Å². The molecule has 1 aliphatic carbocycles. The Labute approximate surface area is 118 Å². The molecule has 1 N–H and O–H groups in total. The quantitative estimate of drug-likeness (QED) is 0.891. The zero-order valence-corrected chi connectivity index (χ0v) is 11.5. The largest absolute Gasteiger partial charge is 0.304 e. The van der Waals surface area contributed by atoms with Crippen molar-refractivity contribution in [3.05, 3.63) is 64.9 Å². The van der Waals surface area contributed by atoms with Gasteiger partial charge in [0.05, 0.1) is 5.69 Å². The van der Waals surface area contributed by atoms with E-state index >= 15 is 0 Å². The molecule has 1 fully saturated rings. The maximum Gasteiger partial charge on any atom is 0.0541 e. The van der Waals surface area contributed by atoms with E-state index in [4.69, 9.17) is 11.6 Å². The molecule has 0 radical (unpaired) electrons. The van der Waals surface area contributed by atoms with Crippen LogP contribution in [0.4, 0.5) is 0 Å². The number of rotatable bonds is 5. The van der Waals surface area contributed by atoms with E-state index in [2.05, 4.69) is 28.5 Å². The molecule has 0 saturated heterocycles. The number of hydrogen-bond donors (Lipinski definition) is 1. The Bertz CT molecular complexity index is 520. The summed E-state index contributed by atoms with van der Waals surface area (Å²) >= 11 is 5.95. The van der Waals surface area contributed by atoms with E-state index < -0.39 is 0 Å². The standard InChI is InChI=1S/C16H17ClN2/c17-14-8-6-13(7-9-14)16(12-4-5-12)19-11-15-3-1-2-10-18-15/h1-3,6-10,12,16,19H,4-5,11H2/t16-/m1/s1. The molecule has 2 nitrogen and oxygen atoms in total. The molecular weight excluding hydrogens is 256 g/mol. The summed E-state index contributed by atoms with van der Waals surface area (Å²) in [6, 6.07) is 14.6. The smallest absolute Gasteiger partial charge is 0.0541 e. The van der Waals surface area contributed by atoms with E-state index in [-0.39, 0.29) is 0 Å². The molecule has 0 bridgehead atoms. The molecular formula is C16H17ClN2. The van der Waals surface area contributed by atoms with Crippen LogP contribution in [0.3, 0.4) is 0 Å². The number of benzene rings is 1. The summed E-state index contributed by atoms with van der Waals surface area (Å²) in [7, 11) is 0. The molecule has 0 unspecified atom stereocenters. The van der Waals surface area contributed by atoms with Crippen LogP contribution in [0.15, 0.2) is 48.7 Å². The molecule has 1 aromatic heterocycles. The van der Waals surface area contributed by atoms with Gasteiger partial charge >= 0.3 is 0 Å². The van der Waals surface area contributed by atoms with Crippen LogP contribution in [0, 0.1) is 5.92 Å². The first-order chi connectivity index (χ1) is 9.33. The lowest BCUT2D eigenvalue weighted by Crippen LogP contribution is -2.23. The molecule has 1 aromatic carbocycles. The van der Waals surface area contributed by atoms with Crippen LogP contribution in [0.25, 0.3) is 0 Å². The van der Waals surface area contributed by atoms with E-state index in [9.17, 15) is 0 Å². The lowest BCUT2D eigenvalue weighted by molar-refractivity contribution is 0.476. The Morgan fingerprint density at radius 2 is 1.95 bits per heavy atom. The van der Waals surface area contributed by atoms with Crippen molar-refractivity contribution in [1.29, 1.82) is 0 Å². The van der Waals surface area contributed by atoms with Gasteiger partial charge in [0.2, 0.25) is 0 Å². The average Bonchev–Trinajstić information content (AvgIpc) is 3.27. The summed E-state index contributed by atoms with van der Waals surface area (Å²) in [5.41, 5.74) is 2.41. The molecule has 3 heteroatoms. The van der Waals surface area contributed by atoms with E-state index in [1.54, 1.807) is 0 Å². The maximum atomic E-state index is 5.95. The highest BCUT2D eigenvalue weighted by atomic mass is 35.5. The Hall–Kier alpha value is -1.38. The topological polar surface area (TPSA) is 24.9 Å². The highest BCUT2D eigenvalue weighted by Gasteiger charge is 2.31. The minimum absolute atomic E-state index is 0.416. The fourth-order valence-electron chi connectivity index (χ4n) is 2.37. The van der Waals surface area contributed by atoms with Crippen LogP contribution in [0.2, 0.25) is 5.02 Å². The van der Waals surface area contributed by atoms with Gasteiger partial charge in [0, 0.05) is 23.8 Å². The van der Waals surface area contributed by atoms with Gasteiger partial charge in [-0.15, -0.1) is 0 Å². The van der Waals surface area contributed by atoms with E-state index in [0.29, 0.717) is 6.04 Å². The van der Waals surface area contributed by atoms with Crippen LogP contribution in [-0.4, -0.2) is 4.98 Å². The van der Waals surface area contributed by atoms with Crippen molar-refractivity contribution < 1.29 is 0 Å². The molecule has 19 heavy (non-hydrogen) atoms. The van der Waals surface area contributed by atoms with Crippen molar-refractivity contribution in [3.8, 4) is 0 Å². The minimum Gasteiger partial charge on any atom is -0.304 e. The zero-order chi connectivity index (χ0) is 13.1. The Morgan fingerprint density at radius 1 is 1.16 bits per heavy atom. The second-order valence-electron chi connectivity index (χ2n) is 5.07. The SMILES string of the molecule is Clc1ccc([C@H](NCc2ccccn2)C2CC2)cc1. The van der Waals surface area contributed by atoms with Gasteiger partial charge < -0.3 is 5.32 Å². The molecule has 0 amide bonds. The summed E-state index contributed by atoms with van der Waals surface area (Å²) in [5, 5.41) is 4.42. The lowest BCUT2D eigenvalue weighted by atomic mass is 10.0. The predicted octanol–water partition coefficient (Wildman–Crippen LogP) is 3.98. The summed E-state index contributed by atoms with van der Waals surface area (Å²) in [5.74, 6) is 0.755. The third-order valence-electron chi connectivity index (χ3n) is 3.55. The molecule has 0 aliphatic heterocycles. The van der Waals surface area contributed by atoms with Gasteiger partial charge in [0.1, 0.15) is 0 Å². The van der Waals surface area contributed by atoms with Crippen molar-refractivity contribution in [1.82, 2.24) is 10.3 Å². The molecule has 1 heterocycles. The summed E-state index contributed by atoms with van der Waals surface area (Å²) < 4.78 is 0. The first kappa shape index (κ1) is 12.6. The Balaban J connectivity index is 1.69. The monoisotopic (exact) mass is 272 g/mol.